The molecule has 0 radical (unpaired) electrons. The minimum absolute atomic E-state index is 0.147. The highest BCUT2D eigenvalue weighted by Crippen LogP contribution is 2.39. The predicted molar refractivity (Wildman–Crippen MR) is 106 cm³/mol. The number of carbonyl (C=O) groups is 1. The van der Waals surface area contributed by atoms with Gasteiger partial charge in [-0.05, 0) is 55.7 Å². The van der Waals surface area contributed by atoms with Crippen LogP contribution in [0.1, 0.15) is 56.3 Å². The number of carbonyl (C=O) groups excluding carboxylic acids is 1. The Morgan fingerprint density at radius 3 is 2.41 bits per heavy atom. The maximum absolute atomic E-state index is 12.9. The summed E-state index contributed by atoms with van der Waals surface area (Å²) in [4.78, 5) is 13.0. The lowest BCUT2D eigenvalue weighted by Gasteiger charge is -2.45. The lowest BCUT2D eigenvalue weighted by Crippen LogP contribution is -2.53. The van der Waals surface area contributed by atoms with E-state index in [2.05, 4.69) is 5.32 Å². The van der Waals surface area contributed by atoms with Crippen molar-refractivity contribution in [3.8, 4) is 0 Å². The monoisotopic (exact) mass is 393 g/mol. The van der Waals surface area contributed by atoms with E-state index in [9.17, 15) is 13.2 Å². The van der Waals surface area contributed by atoms with E-state index >= 15 is 0 Å². The van der Waals surface area contributed by atoms with Crippen LogP contribution >= 0.6 is 0 Å². The molecule has 3 N–H and O–H groups in total. The Labute approximate surface area is 162 Å². The second kappa shape index (κ2) is 8.29. The molecule has 2 fully saturated rings. The van der Waals surface area contributed by atoms with Crippen LogP contribution in [0.15, 0.2) is 29.2 Å². The van der Waals surface area contributed by atoms with Crippen molar-refractivity contribution in [1.29, 1.82) is 0 Å². The van der Waals surface area contributed by atoms with Crippen molar-refractivity contribution < 1.29 is 13.2 Å². The van der Waals surface area contributed by atoms with Crippen molar-refractivity contribution >= 4 is 15.9 Å². The number of amides is 1. The van der Waals surface area contributed by atoms with Gasteiger partial charge in [0, 0.05) is 30.7 Å². The van der Waals surface area contributed by atoms with Crippen LogP contribution in [-0.4, -0.2) is 43.8 Å². The van der Waals surface area contributed by atoms with Gasteiger partial charge in [0.05, 0.1) is 4.90 Å². The highest BCUT2D eigenvalue weighted by Gasteiger charge is 2.40. The first-order chi connectivity index (χ1) is 12.9. The average molecular weight is 394 g/mol. The zero-order valence-electron chi connectivity index (χ0n) is 16.2. The molecule has 1 amide bonds. The molecule has 2 saturated carbocycles. The van der Waals surface area contributed by atoms with Gasteiger partial charge in [0.1, 0.15) is 0 Å². The van der Waals surface area contributed by atoms with E-state index in [0.29, 0.717) is 30.5 Å². The standard InChI is InChI=1S/C20H31N3O3S/c1-3-23(4-2)27(25,26)18-10-6-9-16(13-18)20(24)22-19-14-7-5-8-15(19)12-17(21)11-14/h6,9-10,13-15,17,19H,3-5,7-8,11-12,21H2,1-2H3,(H,22,24). The van der Waals surface area contributed by atoms with E-state index in [0.717, 1.165) is 25.7 Å². The van der Waals surface area contributed by atoms with Gasteiger partial charge in [-0.2, -0.15) is 4.31 Å². The molecule has 150 valence electrons. The van der Waals surface area contributed by atoms with Crippen LogP contribution in [-0.2, 0) is 10.0 Å². The molecule has 3 rings (SSSR count). The van der Waals surface area contributed by atoms with Crippen molar-refractivity contribution in [2.75, 3.05) is 13.1 Å². The van der Waals surface area contributed by atoms with Crippen LogP contribution < -0.4 is 11.1 Å². The van der Waals surface area contributed by atoms with Crippen molar-refractivity contribution in [2.24, 2.45) is 17.6 Å². The highest BCUT2D eigenvalue weighted by molar-refractivity contribution is 7.89. The molecule has 1 aromatic rings. The van der Waals surface area contributed by atoms with Crippen molar-refractivity contribution in [2.45, 2.75) is 62.9 Å². The molecule has 2 atom stereocenters. The van der Waals surface area contributed by atoms with Gasteiger partial charge in [0.15, 0.2) is 0 Å². The summed E-state index contributed by atoms with van der Waals surface area (Å²) in [6.07, 6.45) is 5.32. The summed E-state index contributed by atoms with van der Waals surface area (Å²) in [5.41, 5.74) is 6.57. The molecular weight excluding hydrogens is 362 g/mol. The van der Waals surface area contributed by atoms with E-state index in [4.69, 9.17) is 5.73 Å². The number of rotatable bonds is 6. The molecule has 0 spiro atoms. The van der Waals surface area contributed by atoms with Gasteiger partial charge in [-0.25, -0.2) is 8.42 Å². The van der Waals surface area contributed by atoms with E-state index in [-0.39, 0.29) is 22.9 Å². The fourth-order valence-corrected chi connectivity index (χ4v) is 6.27. The molecule has 7 heteroatoms. The number of nitrogens with zero attached hydrogens (tertiary/aromatic N) is 1. The summed E-state index contributed by atoms with van der Waals surface area (Å²) >= 11 is 0. The summed E-state index contributed by atoms with van der Waals surface area (Å²) in [6, 6.07) is 6.75. The van der Waals surface area contributed by atoms with E-state index < -0.39 is 10.0 Å². The summed E-state index contributed by atoms with van der Waals surface area (Å²) in [5.74, 6) is 0.669. The lowest BCUT2D eigenvalue weighted by molar-refractivity contribution is 0.0756. The first-order valence-corrected chi connectivity index (χ1v) is 11.5. The smallest absolute Gasteiger partial charge is 0.251 e. The fourth-order valence-electron chi connectivity index (χ4n) is 4.77. The zero-order chi connectivity index (χ0) is 19.6. The van der Waals surface area contributed by atoms with Gasteiger partial charge in [-0.15, -0.1) is 0 Å². The Morgan fingerprint density at radius 1 is 1.19 bits per heavy atom. The number of sulfonamides is 1. The number of hydrogen-bond acceptors (Lipinski definition) is 4. The lowest BCUT2D eigenvalue weighted by atomic mass is 9.67. The largest absolute Gasteiger partial charge is 0.349 e. The summed E-state index contributed by atoms with van der Waals surface area (Å²) < 4.78 is 26.9. The minimum atomic E-state index is -3.58. The Balaban J connectivity index is 1.78. The molecule has 0 aliphatic heterocycles. The van der Waals surface area contributed by atoms with Gasteiger partial charge in [0.2, 0.25) is 10.0 Å². The first kappa shape index (κ1) is 20.3. The summed E-state index contributed by atoms with van der Waals surface area (Å²) in [7, 11) is -3.58. The van der Waals surface area contributed by atoms with Gasteiger partial charge in [-0.1, -0.05) is 26.3 Å². The molecule has 2 unspecified atom stereocenters. The Morgan fingerprint density at radius 2 is 1.81 bits per heavy atom. The molecule has 1 aromatic carbocycles. The van der Waals surface area contributed by atoms with Crippen LogP contribution in [0.2, 0.25) is 0 Å². The minimum Gasteiger partial charge on any atom is -0.349 e. The molecule has 2 aliphatic rings. The first-order valence-electron chi connectivity index (χ1n) is 10.0. The van der Waals surface area contributed by atoms with Crippen molar-refractivity contribution in [3.05, 3.63) is 29.8 Å². The topological polar surface area (TPSA) is 92.5 Å². The molecule has 0 saturated heterocycles. The second-order valence-corrected chi connectivity index (χ2v) is 9.74. The van der Waals surface area contributed by atoms with Crippen molar-refractivity contribution in [3.63, 3.8) is 0 Å². The fraction of sp³-hybridized carbons (Fsp3) is 0.650. The second-order valence-electron chi connectivity index (χ2n) is 7.80. The molecular formula is C20H31N3O3S. The Bertz CT molecular complexity index is 762. The third-order valence-corrected chi connectivity index (χ3v) is 8.16. The van der Waals surface area contributed by atoms with E-state index in [1.807, 2.05) is 13.8 Å². The molecule has 27 heavy (non-hydrogen) atoms. The number of nitrogens with two attached hydrogens (primary N) is 1. The third kappa shape index (κ3) is 4.20. The van der Waals surface area contributed by atoms with Gasteiger partial charge in [-0.3, -0.25) is 4.79 Å². The van der Waals surface area contributed by atoms with Crippen LogP contribution in [0.25, 0.3) is 0 Å². The van der Waals surface area contributed by atoms with E-state index in [1.165, 1.54) is 16.8 Å². The van der Waals surface area contributed by atoms with Crippen LogP contribution in [0.3, 0.4) is 0 Å². The van der Waals surface area contributed by atoms with Crippen LogP contribution in [0.4, 0.5) is 0 Å². The molecule has 0 aromatic heterocycles. The van der Waals surface area contributed by atoms with Crippen molar-refractivity contribution in [1.82, 2.24) is 9.62 Å². The number of benzene rings is 1. The predicted octanol–water partition coefficient (Wildman–Crippen LogP) is 2.35. The summed E-state index contributed by atoms with van der Waals surface area (Å²) in [5, 5.41) is 3.19. The molecule has 2 aliphatic carbocycles. The van der Waals surface area contributed by atoms with Gasteiger partial charge >= 0.3 is 0 Å². The SMILES string of the molecule is CCN(CC)S(=O)(=O)c1cccc(C(=O)NC2C3CCCC2CC(N)C3)c1. The van der Waals surface area contributed by atoms with Crippen LogP contribution in [0.5, 0.6) is 0 Å². The Hall–Kier alpha value is -1.44. The maximum atomic E-state index is 12.9. The highest BCUT2D eigenvalue weighted by atomic mass is 32.2. The zero-order valence-corrected chi connectivity index (χ0v) is 17.0. The number of nitrogens with one attached hydrogen (secondary N) is 1. The summed E-state index contributed by atoms with van der Waals surface area (Å²) in [6.45, 7) is 4.43. The maximum Gasteiger partial charge on any atom is 0.251 e. The Kier molecular flexibility index (Phi) is 6.23. The van der Waals surface area contributed by atoms with E-state index in [1.54, 1.807) is 18.2 Å². The van der Waals surface area contributed by atoms with Crippen LogP contribution in [0, 0.1) is 11.8 Å². The molecule has 0 heterocycles. The molecule has 2 bridgehead atoms. The molecule has 6 nitrogen and oxygen atoms in total. The third-order valence-electron chi connectivity index (χ3n) is 6.11. The average Bonchev–Trinajstić information content (AvgIpc) is 2.63. The van der Waals surface area contributed by atoms with Gasteiger partial charge in [0.25, 0.3) is 5.91 Å². The number of fused-ring (bicyclic) bond motifs is 2. The normalized spacial score (nSPS) is 28.1. The number of hydrogen-bond donors (Lipinski definition) is 2. The quantitative estimate of drug-likeness (QED) is 0.776. The van der Waals surface area contributed by atoms with Gasteiger partial charge < -0.3 is 11.1 Å².